The molecule has 0 aliphatic carbocycles. The maximum absolute atomic E-state index is 12.0. The van der Waals surface area contributed by atoms with Crippen molar-refractivity contribution in [1.82, 2.24) is 0 Å². The molecule has 0 aliphatic heterocycles. The number of hydrogen-bond donors (Lipinski definition) is 0. The van der Waals surface area contributed by atoms with E-state index in [1.807, 2.05) is 32.0 Å². The Morgan fingerprint density at radius 1 is 0.850 bits per heavy atom. The monoisotopic (exact) mass is 318 g/mol. The van der Waals surface area contributed by atoms with Gasteiger partial charge < -0.3 is 0 Å². The van der Waals surface area contributed by atoms with Gasteiger partial charge in [-0.05, 0) is 32.3 Å². The van der Waals surface area contributed by atoms with Gasteiger partial charge in [-0.15, -0.1) is 0 Å². The van der Waals surface area contributed by atoms with Crippen molar-refractivity contribution in [3.8, 4) is 0 Å². The summed E-state index contributed by atoms with van der Waals surface area (Å²) in [5.74, 6) is 0.107. The number of aryl methyl sites for hydroxylation is 2. The summed E-state index contributed by atoms with van der Waals surface area (Å²) < 4.78 is 45.9. The molecule has 0 bridgehead atoms. The summed E-state index contributed by atoms with van der Waals surface area (Å²) >= 11 is 0. The first-order valence-corrected chi connectivity index (χ1v) is 10.4. The summed E-state index contributed by atoms with van der Waals surface area (Å²) in [7, 11) is -6.19. The van der Waals surface area contributed by atoms with E-state index in [0.29, 0.717) is 12.8 Å². The third kappa shape index (κ3) is 7.05. The number of rotatable bonds is 7. The molecule has 0 aliphatic rings. The summed E-state index contributed by atoms with van der Waals surface area (Å²) in [6.45, 7) is 3.88. The standard InChI is InChI=1S/C14H22O4S2/c1-12-8-13(2)10-14(9-12)11-20(17,18)7-5-4-6-19(3,15)16/h8-10H,4-7,11H2,1-3H3. The highest BCUT2D eigenvalue weighted by atomic mass is 32.2. The van der Waals surface area contributed by atoms with Crippen LogP contribution in [0.4, 0.5) is 0 Å². The summed E-state index contributed by atoms with van der Waals surface area (Å²) in [6.07, 6.45) is 1.95. The molecule has 0 amide bonds. The maximum atomic E-state index is 12.0. The highest BCUT2D eigenvalue weighted by Gasteiger charge is 2.13. The molecule has 1 rings (SSSR count). The predicted octanol–water partition coefficient (Wildman–Crippen LogP) is 2.04. The lowest BCUT2D eigenvalue weighted by atomic mass is 10.1. The average Bonchev–Trinajstić information content (AvgIpc) is 2.21. The zero-order valence-electron chi connectivity index (χ0n) is 12.2. The van der Waals surface area contributed by atoms with Gasteiger partial charge in [0.25, 0.3) is 0 Å². The van der Waals surface area contributed by atoms with Crippen LogP contribution in [0.5, 0.6) is 0 Å². The maximum Gasteiger partial charge on any atom is 0.154 e. The Kier molecular flexibility index (Phi) is 5.77. The van der Waals surface area contributed by atoms with Gasteiger partial charge in [0, 0.05) is 12.0 Å². The van der Waals surface area contributed by atoms with Gasteiger partial charge in [0.2, 0.25) is 0 Å². The zero-order chi connectivity index (χ0) is 15.4. The van der Waals surface area contributed by atoms with Gasteiger partial charge in [0.1, 0.15) is 9.84 Å². The minimum absolute atomic E-state index is 0.0222. The first kappa shape index (κ1) is 17.2. The third-order valence-corrected chi connectivity index (χ3v) is 5.60. The number of unbranched alkanes of at least 4 members (excludes halogenated alkanes) is 1. The number of benzene rings is 1. The summed E-state index contributed by atoms with van der Waals surface area (Å²) in [5, 5.41) is 0. The lowest BCUT2D eigenvalue weighted by molar-refractivity contribution is 0.587. The lowest BCUT2D eigenvalue weighted by Gasteiger charge is -2.07. The van der Waals surface area contributed by atoms with E-state index in [1.165, 1.54) is 0 Å². The Morgan fingerprint density at radius 3 is 1.85 bits per heavy atom. The fraction of sp³-hybridized carbons (Fsp3) is 0.571. The molecule has 0 atom stereocenters. The molecule has 20 heavy (non-hydrogen) atoms. The van der Waals surface area contributed by atoms with Crippen molar-refractivity contribution in [2.24, 2.45) is 0 Å². The molecule has 0 fully saturated rings. The molecule has 0 spiro atoms. The molecule has 0 unspecified atom stereocenters. The van der Waals surface area contributed by atoms with Gasteiger partial charge in [0.05, 0.1) is 11.5 Å². The molecule has 1 aromatic carbocycles. The van der Waals surface area contributed by atoms with E-state index in [0.717, 1.165) is 22.9 Å². The first-order chi connectivity index (χ1) is 9.07. The van der Waals surface area contributed by atoms with Crippen LogP contribution in [0.25, 0.3) is 0 Å². The van der Waals surface area contributed by atoms with Crippen molar-refractivity contribution in [3.63, 3.8) is 0 Å². The van der Waals surface area contributed by atoms with E-state index in [1.54, 1.807) is 0 Å². The molecule has 0 aromatic heterocycles. The van der Waals surface area contributed by atoms with E-state index in [-0.39, 0.29) is 17.3 Å². The van der Waals surface area contributed by atoms with Crippen molar-refractivity contribution < 1.29 is 16.8 Å². The molecule has 0 heterocycles. The molecule has 6 heteroatoms. The third-order valence-electron chi connectivity index (χ3n) is 2.89. The molecular weight excluding hydrogens is 296 g/mol. The van der Waals surface area contributed by atoms with Gasteiger partial charge in [-0.1, -0.05) is 29.3 Å². The molecule has 0 saturated heterocycles. The second-order valence-electron chi connectivity index (χ2n) is 5.42. The Balaban J connectivity index is 2.57. The van der Waals surface area contributed by atoms with Gasteiger partial charge in [-0.25, -0.2) is 16.8 Å². The van der Waals surface area contributed by atoms with Crippen LogP contribution in [0.3, 0.4) is 0 Å². The Hall–Kier alpha value is -0.880. The Morgan fingerprint density at radius 2 is 1.35 bits per heavy atom. The van der Waals surface area contributed by atoms with Gasteiger partial charge in [-0.2, -0.15) is 0 Å². The van der Waals surface area contributed by atoms with E-state index >= 15 is 0 Å². The highest BCUT2D eigenvalue weighted by Crippen LogP contribution is 2.13. The van der Waals surface area contributed by atoms with Crippen molar-refractivity contribution in [2.75, 3.05) is 17.8 Å². The van der Waals surface area contributed by atoms with E-state index < -0.39 is 19.7 Å². The van der Waals surface area contributed by atoms with Crippen LogP contribution >= 0.6 is 0 Å². The molecular formula is C14H22O4S2. The van der Waals surface area contributed by atoms with Gasteiger partial charge in [-0.3, -0.25) is 0 Å². The van der Waals surface area contributed by atoms with Crippen molar-refractivity contribution >= 4 is 19.7 Å². The predicted molar refractivity (Wildman–Crippen MR) is 82.4 cm³/mol. The van der Waals surface area contributed by atoms with Crippen LogP contribution in [0, 0.1) is 13.8 Å². The topological polar surface area (TPSA) is 68.3 Å². The lowest BCUT2D eigenvalue weighted by Crippen LogP contribution is -2.11. The van der Waals surface area contributed by atoms with Crippen LogP contribution in [-0.2, 0) is 25.4 Å². The van der Waals surface area contributed by atoms with Crippen LogP contribution in [0.1, 0.15) is 29.5 Å². The second kappa shape index (κ2) is 6.72. The summed E-state index contributed by atoms with van der Waals surface area (Å²) in [5.41, 5.74) is 2.89. The van der Waals surface area contributed by atoms with Crippen molar-refractivity contribution in [3.05, 3.63) is 34.9 Å². The van der Waals surface area contributed by atoms with Crippen molar-refractivity contribution in [2.45, 2.75) is 32.4 Å². The molecule has 0 N–H and O–H groups in total. The second-order valence-corrected chi connectivity index (χ2v) is 9.87. The molecule has 4 nitrogen and oxygen atoms in total. The summed E-state index contributed by atoms with van der Waals surface area (Å²) in [6, 6.07) is 5.75. The number of sulfone groups is 2. The van der Waals surface area contributed by atoms with Gasteiger partial charge >= 0.3 is 0 Å². The largest absolute Gasteiger partial charge is 0.229 e. The van der Waals surface area contributed by atoms with E-state index in [2.05, 4.69) is 0 Å². The fourth-order valence-electron chi connectivity index (χ4n) is 2.16. The SMILES string of the molecule is Cc1cc(C)cc(CS(=O)(=O)CCCCS(C)(=O)=O)c1. The normalized spacial score (nSPS) is 12.6. The van der Waals surface area contributed by atoms with Crippen LogP contribution < -0.4 is 0 Å². The minimum atomic E-state index is -3.18. The average molecular weight is 318 g/mol. The smallest absolute Gasteiger partial charge is 0.154 e. The molecule has 0 radical (unpaired) electrons. The molecule has 0 saturated carbocycles. The summed E-state index contributed by atoms with van der Waals surface area (Å²) in [4.78, 5) is 0. The molecule has 1 aromatic rings. The van der Waals surface area contributed by atoms with E-state index in [4.69, 9.17) is 0 Å². The first-order valence-electron chi connectivity index (χ1n) is 6.53. The zero-order valence-corrected chi connectivity index (χ0v) is 13.9. The Labute approximate surface area is 122 Å². The van der Waals surface area contributed by atoms with Crippen LogP contribution in [0.2, 0.25) is 0 Å². The van der Waals surface area contributed by atoms with Crippen LogP contribution in [-0.4, -0.2) is 34.6 Å². The Bertz CT molecular complexity index is 638. The molecule has 114 valence electrons. The number of hydrogen-bond acceptors (Lipinski definition) is 4. The van der Waals surface area contributed by atoms with Crippen molar-refractivity contribution in [1.29, 1.82) is 0 Å². The van der Waals surface area contributed by atoms with E-state index in [9.17, 15) is 16.8 Å². The minimum Gasteiger partial charge on any atom is -0.229 e. The van der Waals surface area contributed by atoms with Crippen LogP contribution in [0.15, 0.2) is 18.2 Å². The van der Waals surface area contributed by atoms with Gasteiger partial charge in [0.15, 0.2) is 9.84 Å². The quantitative estimate of drug-likeness (QED) is 0.722. The highest BCUT2D eigenvalue weighted by molar-refractivity contribution is 7.91. The fourth-order valence-corrected chi connectivity index (χ4v) is 4.36.